The van der Waals surface area contributed by atoms with E-state index in [-0.39, 0.29) is 0 Å². The van der Waals surface area contributed by atoms with E-state index in [1.807, 2.05) is 42.5 Å². The van der Waals surface area contributed by atoms with Crippen molar-refractivity contribution < 1.29 is 18.8 Å². The van der Waals surface area contributed by atoms with Gasteiger partial charge in [0, 0.05) is 6.20 Å². The number of hydrogen-bond donors (Lipinski definition) is 0. The minimum atomic E-state index is 0.874. The summed E-state index contributed by atoms with van der Waals surface area (Å²) in [6, 6.07) is 25.9. The standard InChI is InChI=1S/C25H21N2.ClH.Pt/c1-17-13-18(2)25(19(3)14-17)21-15-23(20-9-5-4-6-10-20)27-24(16-21)22-11-7-8-12-26-22;;/h4-9,11-16H,1-3H3;1H;/q-1;;+2/p-1. The van der Waals surface area contributed by atoms with E-state index in [4.69, 9.17) is 4.98 Å². The Morgan fingerprint density at radius 2 is 1.48 bits per heavy atom. The molecule has 4 rings (SSSR count). The number of aromatic nitrogens is 2. The summed E-state index contributed by atoms with van der Waals surface area (Å²) in [6.07, 6.45) is 1.81. The van der Waals surface area contributed by atoms with E-state index in [1.165, 1.54) is 22.3 Å². The van der Waals surface area contributed by atoms with Crippen molar-refractivity contribution >= 4 is 9.42 Å². The summed E-state index contributed by atoms with van der Waals surface area (Å²) in [5, 5.41) is 0. The molecule has 0 aliphatic carbocycles. The fraction of sp³-hybridized carbons (Fsp3) is 0.120. The summed E-state index contributed by atoms with van der Waals surface area (Å²) in [7, 11) is 4.61. The van der Waals surface area contributed by atoms with Gasteiger partial charge in [-0.15, -0.1) is 35.9 Å². The second kappa shape index (κ2) is 9.96. The Hall–Kier alpha value is -2.28. The normalized spacial score (nSPS) is 10.3. The van der Waals surface area contributed by atoms with Crippen LogP contribution < -0.4 is 0 Å². The monoisotopic (exact) mass is 579 g/mol. The summed E-state index contributed by atoms with van der Waals surface area (Å²) in [4.78, 5) is 9.39. The van der Waals surface area contributed by atoms with Crippen molar-refractivity contribution in [1.82, 2.24) is 9.97 Å². The van der Waals surface area contributed by atoms with Gasteiger partial charge in [-0.05, 0) is 66.9 Å². The van der Waals surface area contributed by atoms with Crippen LogP contribution in [0.1, 0.15) is 16.7 Å². The van der Waals surface area contributed by atoms with Gasteiger partial charge in [0.25, 0.3) is 0 Å². The average Bonchev–Trinajstić information content (AvgIpc) is 2.75. The summed E-state index contributed by atoms with van der Waals surface area (Å²) in [5.74, 6) is 0. The first-order chi connectivity index (χ1) is 14.1. The van der Waals surface area contributed by atoms with Gasteiger partial charge in [0.1, 0.15) is 0 Å². The van der Waals surface area contributed by atoms with Crippen LogP contribution in [0.5, 0.6) is 0 Å². The molecule has 4 aromatic rings. The Labute approximate surface area is 187 Å². The third kappa shape index (κ3) is 5.01. The van der Waals surface area contributed by atoms with E-state index in [1.54, 1.807) is 25.0 Å². The zero-order valence-corrected chi connectivity index (χ0v) is 19.5. The molecule has 0 atom stereocenters. The predicted octanol–water partition coefficient (Wildman–Crippen LogP) is 6.89. The Bertz CT molecular complexity index is 1020. The van der Waals surface area contributed by atoms with Crippen molar-refractivity contribution in [2.45, 2.75) is 20.8 Å². The third-order valence-electron chi connectivity index (χ3n) is 4.70. The summed E-state index contributed by atoms with van der Waals surface area (Å²) in [6.45, 7) is 6.48. The number of aryl methyl sites for hydroxylation is 3. The molecule has 2 nitrogen and oxygen atoms in total. The van der Waals surface area contributed by atoms with Gasteiger partial charge in [0.05, 0.1) is 11.4 Å². The maximum absolute atomic E-state index is 4.88. The molecule has 2 aromatic carbocycles. The third-order valence-corrected chi connectivity index (χ3v) is 4.70. The molecular formula is C25H21ClN2Pt. The van der Waals surface area contributed by atoms with E-state index in [9.17, 15) is 0 Å². The van der Waals surface area contributed by atoms with Gasteiger partial charge in [-0.2, -0.15) is 0 Å². The van der Waals surface area contributed by atoms with E-state index < -0.39 is 0 Å². The van der Waals surface area contributed by atoms with Gasteiger partial charge in [-0.3, -0.25) is 9.97 Å². The molecule has 0 spiro atoms. The van der Waals surface area contributed by atoms with E-state index in [0.29, 0.717) is 0 Å². The number of pyridine rings is 2. The first kappa shape index (κ1) is 21.4. The second-order valence-corrected chi connectivity index (χ2v) is 6.89. The maximum atomic E-state index is 4.88. The van der Waals surface area contributed by atoms with Crippen molar-refractivity contribution in [3.63, 3.8) is 0 Å². The van der Waals surface area contributed by atoms with Crippen LogP contribution in [0.25, 0.3) is 33.8 Å². The van der Waals surface area contributed by atoms with Crippen LogP contribution in [0.4, 0.5) is 0 Å². The molecule has 0 amide bonds. The van der Waals surface area contributed by atoms with Gasteiger partial charge in [-0.25, -0.2) is 0 Å². The number of rotatable bonds is 3. The molecule has 29 heavy (non-hydrogen) atoms. The first-order valence-corrected chi connectivity index (χ1v) is 12.0. The molecule has 0 N–H and O–H groups in total. The van der Waals surface area contributed by atoms with Crippen molar-refractivity contribution in [1.29, 1.82) is 0 Å². The number of benzene rings is 2. The SMILES string of the molecule is Cc1cc(C)c(-c2cc(-c3[c-]cccc3)nc(-c3ccccn3)c2)c(C)c1.[Cl][Pt+]. The van der Waals surface area contributed by atoms with Gasteiger partial charge < -0.3 is 0 Å². The molecule has 0 unspecified atom stereocenters. The molecule has 0 saturated carbocycles. The topological polar surface area (TPSA) is 25.8 Å². The first-order valence-electron chi connectivity index (χ1n) is 9.22. The van der Waals surface area contributed by atoms with Crippen LogP contribution in [0, 0.1) is 26.8 Å². The predicted molar refractivity (Wildman–Crippen MR) is 117 cm³/mol. The molecule has 0 saturated heterocycles. The number of hydrogen-bond acceptors (Lipinski definition) is 2. The van der Waals surface area contributed by atoms with Gasteiger partial charge >= 0.3 is 28.2 Å². The van der Waals surface area contributed by atoms with E-state index >= 15 is 0 Å². The van der Waals surface area contributed by atoms with Crippen molar-refractivity contribution in [2.24, 2.45) is 0 Å². The Morgan fingerprint density at radius 1 is 0.793 bits per heavy atom. The molecule has 2 aromatic heterocycles. The van der Waals surface area contributed by atoms with Crippen LogP contribution in [0.15, 0.2) is 72.9 Å². The second-order valence-electron chi connectivity index (χ2n) is 6.89. The summed E-state index contributed by atoms with van der Waals surface area (Å²) in [5.41, 5.74) is 9.89. The Balaban J connectivity index is 0.00000117. The fourth-order valence-electron chi connectivity index (χ4n) is 3.65. The number of halogens is 1. The molecule has 148 valence electrons. The van der Waals surface area contributed by atoms with Gasteiger partial charge in [0.15, 0.2) is 0 Å². The van der Waals surface area contributed by atoms with Gasteiger partial charge in [-0.1, -0.05) is 29.8 Å². The van der Waals surface area contributed by atoms with Crippen LogP contribution in [-0.2, 0) is 18.8 Å². The Kier molecular flexibility index (Phi) is 7.36. The summed E-state index contributed by atoms with van der Waals surface area (Å²) >= 11 is 1.61. The van der Waals surface area contributed by atoms with Crippen LogP contribution >= 0.6 is 9.42 Å². The fourth-order valence-corrected chi connectivity index (χ4v) is 3.65. The van der Waals surface area contributed by atoms with E-state index in [2.05, 4.69) is 65.5 Å². The minimum absolute atomic E-state index is 0.874. The molecule has 4 heteroatoms. The average molecular weight is 580 g/mol. The molecule has 0 aliphatic rings. The van der Waals surface area contributed by atoms with Crippen molar-refractivity contribution in [2.75, 3.05) is 0 Å². The molecular weight excluding hydrogens is 559 g/mol. The van der Waals surface area contributed by atoms with E-state index in [0.717, 1.165) is 28.2 Å². The van der Waals surface area contributed by atoms with Crippen LogP contribution in [0.2, 0.25) is 0 Å². The quantitative estimate of drug-likeness (QED) is 0.247. The van der Waals surface area contributed by atoms with Crippen LogP contribution in [-0.4, -0.2) is 9.97 Å². The zero-order valence-electron chi connectivity index (χ0n) is 16.5. The molecule has 0 bridgehead atoms. The van der Waals surface area contributed by atoms with Gasteiger partial charge in [0.2, 0.25) is 0 Å². The summed E-state index contributed by atoms with van der Waals surface area (Å²) < 4.78 is 0. The number of nitrogens with zero attached hydrogens (tertiary/aromatic N) is 2. The molecule has 0 aliphatic heterocycles. The van der Waals surface area contributed by atoms with Crippen LogP contribution in [0.3, 0.4) is 0 Å². The molecule has 2 heterocycles. The Morgan fingerprint density at radius 3 is 2.10 bits per heavy atom. The molecule has 0 fully saturated rings. The van der Waals surface area contributed by atoms with Crippen molar-refractivity contribution in [3.8, 4) is 33.8 Å². The molecule has 0 radical (unpaired) electrons. The zero-order chi connectivity index (χ0) is 20.8. The van der Waals surface area contributed by atoms with Crippen molar-refractivity contribution in [3.05, 3.63) is 95.7 Å².